The number of hydrogen-bond donors (Lipinski definition) is 3. The molecule has 0 aromatic heterocycles. The number of ether oxygens (including phenoxy) is 5. The summed E-state index contributed by atoms with van der Waals surface area (Å²) in [5.74, 6) is -1.28. The van der Waals surface area contributed by atoms with Gasteiger partial charge >= 0.3 is 44.5 Å². The average molecular weight is 621 g/mol. The predicted octanol–water partition coefficient (Wildman–Crippen LogP) is -0.211. The summed E-state index contributed by atoms with van der Waals surface area (Å²) in [6, 6.07) is 0. The second-order valence-electron chi connectivity index (χ2n) is 9.23. The van der Waals surface area contributed by atoms with Crippen molar-refractivity contribution in [2.45, 2.75) is 47.5 Å². The lowest BCUT2D eigenvalue weighted by molar-refractivity contribution is -0.141. The smallest absolute Gasteiger partial charge is 0.422 e. The molecule has 0 saturated carbocycles. The molecular weight excluding hydrogens is 580 g/mol. The summed E-state index contributed by atoms with van der Waals surface area (Å²) in [5.41, 5.74) is 0.0574. The summed E-state index contributed by atoms with van der Waals surface area (Å²) in [4.78, 5) is 45.3. The maximum Gasteiger partial charge on any atom is 0.422 e. The molecule has 3 N–H and O–H groups in total. The van der Waals surface area contributed by atoms with Crippen molar-refractivity contribution < 1.29 is 59.7 Å². The molecule has 0 aliphatic carbocycles. The minimum atomic E-state index is -4.45. The van der Waals surface area contributed by atoms with Gasteiger partial charge in [-0.1, -0.05) is 20.8 Å². The van der Waals surface area contributed by atoms with Gasteiger partial charge in [0.2, 0.25) is 0 Å². The van der Waals surface area contributed by atoms with Crippen molar-refractivity contribution in [2.75, 3.05) is 59.3 Å². The number of amides is 2. The first-order valence-electron chi connectivity index (χ1n) is 12.2. The Hall–Kier alpha value is -2.74. The van der Waals surface area contributed by atoms with E-state index in [1.165, 1.54) is 0 Å². The van der Waals surface area contributed by atoms with E-state index in [0.29, 0.717) is 6.42 Å². The summed E-state index contributed by atoms with van der Waals surface area (Å²) >= 11 is 0. The van der Waals surface area contributed by atoms with Crippen molar-refractivity contribution in [3.8, 4) is 0 Å². The van der Waals surface area contributed by atoms with Crippen LogP contribution in [0.2, 0.25) is 0 Å². The van der Waals surface area contributed by atoms with Gasteiger partial charge in [0.05, 0.1) is 19.8 Å². The fourth-order valence-corrected chi connectivity index (χ4v) is 4.35. The molecule has 0 bridgehead atoms. The van der Waals surface area contributed by atoms with E-state index in [1.54, 1.807) is 9.44 Å². The summed E-state index contributed by atoms with van der Waals surface area (Å²) in [6.45, 7) is 6.16. The highest BCUT2D eigenvalue weighted by atomic mass is 32.2. The zero-order chi connectivity index (χ0) is 30.8. The highest BCUT2D eigenvalue weighted by Gasteiger charge is 2.25. The highest BCUT2D eigenvalue weighted by molar-refractivity contribution is 7.88. The molecule has 0 spiro atoms. The summed E-state index contributed by atoms with van der Waals surface area (Å²) in [7, 11) is -8.63. The van der Waals surface area contributed by atoms with Crippen molar-refractivity contribution >= 4 is 44.5 Å². The van der Waals surface area contributed by atoms with E-state index in [4.69, 9.17) is 23.7 Å². The first kappa shape index (κ1) is 37.3. The van der Waals surface area contributed by atoms with Crippen LogP contribution in [0.15, 0.2) is 0 Å². The summed E-state index contributed by atoms with van der Waals surface area (Å²) in [5, 5.41) is 0. The normalized spacial score (nSPS) is 11.9. The lowest BCUT2D eigenvalue weighted by Gasteiger charge is -2.21. The van der Waals surface area contributed by atoms with E-state index in [9.17, 15) is 36.0 Å². The van der Waals surface area contributed by atoms with Crippen LogP contribution in [0.25, 0.3) is 0 Å². The van der Waals surface area contributed by atoms with E-state index >= 15 is 0 Å². The lowest BCUT2D eigenvalue weighted by atomic mass is 9.91. The van der Waals surface area contributed by atoms with Gasteiger partial charge < -0.3 is 23.7 Å². The van der Waals surface area contributed by atoms with Crippen LogP contribution in [0.5, 0.6) is 0 Å². The Morgan fingerprint density at radius 1 is 0.700 bits per heavy atom. The molecule has 0 rings (SSSR count). The Morgan fingerprint density at radius 3 is 1.75 bits per heavy atom. The maximum atomic E-state index is 12.4. The highest BCUT2D eigenvalue weighted by Crippen LogP contribution is 2.20. The number of esters is 2. The largest absolute Gasteiger partial charge is 0.464 e. The van der Waals surface area contributed by atoms with Gasteiger partial charge in [0.25, 0.3) is 0 Å². The van der Waals surface area contributed by atoms with Gasteiger partial charge in [-0.05, 0) is 18.3 Å². The van der Waals surface area contributed by atoms with Crippen LogP contribution >= 0.6 is 0 Å². The Balaban J connectivity index is 4.32. The standard InChI is InChI=1S/C21H40N4O13S2/c1-17(26)35-13-9-25(10-14-36-18(2)27)40(32,33)24-20(29)38-16-15-34-12-8-22-39(30,31)23-19(28)37-11-6-7-21(3,4)5/h22H,6-16H2,1-5H3,(H,23,28)(H,24,29). The first-order chi connectivity index (χ1) is 18.4. The molecule has 0 atom stereocenters. The van der Waals surface area contributed by atoms with E-state index in [2.05, 4.69) is 4.72 Å². The van der Waals surface area contributed by atoms with Gasteiger partial charge in [-0.15, -0.1) is 0 Å². The van der Waals surface area contributed by atoms with Crippen molar-refractivity contribution in [3.05, 3.63) is 0 Å². The van der Waals surface area contributed by atoms with E-state index in [-0.39, 0.29) is 64.7 Å². The van der Waals surface area contributed by atoms with Crippen molar-refractivity contribution in [1.82, 2.24) is 18.5 Å². The third-order valence-electron chi connectivity index (χ3n) is 4.37. The van der Waals surface area contributed by atoms with Crippen LogP contribution in [0.4, 0.5) is 9.59 Å². The summed E-state index contributed by atoms with van der Waals surface area (Å²) < 4.78 is 78.7. The molecule has 0 saturated heterocycles. The Labute approximate surface area is 234 Å². The molecule has 2 amide bonds. The zero-order valence-electron chi connectivity index (χ0n) is 23.3. The number of hydrogen-bond acceptors (Lipinski definition) is 13. The van der Waals surface area contributed by atoms with Crippen LogP contribution in [0.1, 0.15) is 47.5 Å². The molecule has 0 radical (unpaired) electrons. The van der Waals surface area contributed by atoms with E-state index in [0.717, 1.165) is 24.6 Å². The Kier molecular flexibility index (Phi) is 17.3. The molecule has 0 heterocycles. The van der Waals surface area contributed by atoms with Crippen LogP contribution in [0, 0.1) is 5.41 Å². The average Bonchev–Trinajstić information content (AvgIpc) is 2.78. The molecule has 0 aromatic carbocycles. The molecular formula is C21H40N4O13S2. The van der Waals surface area contributed by atoms with E-state index < -0.39 is 44.5 Å². The Bertz CT molecular complexity index is 1010. The number of nitrogens with one attached hydrogen (secondary N) is 3. The zero-order valence-corrected chi connectivity index (χ0v) is 25.0. The molecule has 0 aromatic rings. The third kappa shape index (κ3) is 21.1. The van der Waals surface area contributed by atoms with Crippen LogP contribution in [0.3, 0.4) is 0 Å². The lowest BCUT2D eigenvalue weighted by Crippen LogP contribution is -2.46. The molecule has 0 aliphatic rings. The van der Waals surface area contributed by atoms with Gasteiger partial charge in [-0.3, -0.25) is 9.59 Å². The Morgan fingerprint density at radius 2 is 1.23 bits per heavy atom. The van der Waals surface area contributed by atoms with Crippen LogP contribution in [-0.4, -0.2) is 105 Å². The fraction of sp³-hybridized carbons (Fsp3) is 0.810. The number of carbonyl (C=O) groups is 4. The van der Waals surface area contributed by atoms with Crippen molar-refractivity contribution in [2.24, 2.45) is 5.41 Å². The van der Waals surface area contributed by atoms with Crippen molar-refractivity contribution in [1.29, 1.82) is 0 Å². The second-order valence-corrected chi connectivity index (χ2v) is 12.4. The molecule has 0 unspecified atom stereocenters. The van der Waals surface area contributed by atoms with Gasteiger partial charge in [0.1, 0.15) is 19.8 Å². The van der Waals surface area contributed by atoms with Gasteiger partial charge in [0, 0.05) is 33.5 Å². The topological polar surface area (TPSA) is 222 Å². The van der Waals surface area contributed by atoms with Gasteiger partial charge in [0.15, 0.2) is 0 Å². The molecule has 0 fully saturated rings. The monoisotopic (exact) mass is 620 g/mol. The SMILES string of the molecule is CC(=O)OCCN(CCOC(C)=O)S(=O)(=O)NC(=O)OCCOCCNS(=O)(=O)NC(=O)OCCCC(C)(C)C. The number of carbonyl (C=O) groups excluding carboxylic acids is 4. The molecule has 40 heavy (non-hydrogen) atoms. The number of nitrogens with zero attached hydrogens (tertiary/aromatic N) is 1. The third-order valence-corrected chi connectivity index (χ3v) is 6.85. The fourth-order valence-electron chi connectivity index (χ4n) is 2.62. The second kappa shape index (κ2) is 18.6. The predicted molar refractivity (Wildman–Crippen MR) is 139 cm³/mol. The van der Waals surface area contributed by atoms with Gasteiger partial charge in [-0.2, -0.15) is 25.9 Å². The number of rotatable bonds is 19. The van der Waals surface area contributed by atoms with Gasteiger partial charge in [-0.25, -0.2) is 19.0 Å². The van der Waals surface area contributed by atoms with Crippen LogP contribution < -0.4 is 14.2 Å². The quantitative estimate of drug-likeness (QED) is 0.0967. The van der Waals surface area contributed by atoms with Crippen LogP contribution in [-0.2, 0) is 53.7 Å². The minimum absolute atomic E-state index is 0.0574. The maximum absolute atomic E-state index is 12.4. The molecule has 0 aliphatic heterocycles. The molecule has 17 nitrogen and oxygen atoms in total. The van der Waals surface area contributed by atoms with Crippen molar-refractivity contribution in [3.63, 3.8) is 0 Å². The summed E-state index contributed by atoms with van der Waals surface area (Å²) in [6.07, 6.45) is -1.08. The first-order valence-corrected chi connectivity index (χ1v) is 15.1. The van der Waals surface area contributed by atoms with E-state index in [1.807, 2.05) is 20.8 Å². The molecule has 234 valence electrons. The minimum Gasteiger partial charge on any atom is -0.464 e. The molecule has 19 heteroatoms.